The van der Waals surface area contributed by atoms with Gasteiger partial charge in [-0.15, -0.1) is 0 Å². The van der Waals surface area contributed by atoms with Crippen molar-refractivity contribution in [3.05, 3.63) is 52.6 Å². The summed E-state index contributed by atoms with van der Waals surface area (Å²) in [6.45, 7) is 9.23. The van der Waals surface area contributed by atoms with E-state index in [0.29, 0.717) is 13.0 Å². The zero-order valence-electron chi connectivity index (χ0n) is 15.0. The number of hydrogen-bond acceptors (Lipinski definition) is 2. The van der Waals surface area contributed by atoms with Crippen molar-refractivity contribution in [2.75, 3.05) is 6.54 Å². The first kappa shape index (κ1) is 18.0. The molecule has 0 saturated carbocycles. The summed E-state index contributed by atoms with van der Waals surface area (Å²) in [4.78, 5) is 0. The molecule has 0 spiro atoms. The Bertz CT molecular complexity index is 608. The Morgan fingerprint density at radius 3 is 2.70 bits per heavy atom. The fourth-order valence-corrected chi connectivity index (χ4v) is 3.59. The van der Waals surface area contributed by atoms with Crippen molar-refractivity contribution in [3.63, 3.8) is 0 Å². The van der Waals surface area contributed by atoms with Gasteiger partial charge in [0.1, 0.15) is 0 Å². The Labute approximate surface area is 141 Å². The molecule has 1 aromatic carbocycles. The van der Waals surface area contributed by atoms with Crippen LogP contribution in [0, 0.1) is 5.41 Å². The van der Waals surface area contributed by atoms with Gasteiger partial charge in [-0.2, -0.15) is 0 Å². The van der Waals surface area contributed by atoms with E-state index in [4.69, 9.17) is 5.73 Å². The van der Waals surface area contributed by atoms with Crippen LogP contribution >= 0.6 is 0 Å². The second-order valence-corrected chi connectivity index (χ2v) is 7.70. The minimum atomic E-state index is -0.863. The highest BCUT2D eigenvalue weighted by Crippen LogP contribution is 2.41. The minimum absolute atomic E-state index is 0.251. The zero-order chi connectivity index (χ0) is 17.1. The standard InChI is InChI=1S/C21H31NO/c1-16-7-6-12-20(2,3)19(16)11-10-17-8-5-9-18(15-17)21(4,23)13-14-22/h5,8-11,15,23H,6-7,12-14,22H2,1-4H3/b11-10-. The smallest absolute Gasteiger partial charge is 0.0880 e. The largest absolute Gasteiger partial charge is 0.385 e. The molecule has 0 heterocycles. The molecule has 0 saturated heterocycles. The van der Waals surface area contributed by atoms with Gasteiger partial charge in [-0.05, 0) is 74.3 Å². The third-order valence-electron chi connectivity index (χ3n) is 5.12. The van der Waals surface area contributed by atoms with Crippen LogP contribution in [0.25, 0.3) is 6.08 Å². The molecule has 3 N–H and O–H groups in total. The third-order valence-corrected chi connectivity index (χ3v) is 5.12. The van der Waals surface area contributed by atoms with Crippen LogP contribution in [0.2, 0.25) is 0 Å². The van der Waals surface area contributed by atoms with Crippen LogP contribution in [0.15, 0.2) is 41.5 Å². The molecule has 2 heteroatoms. The van der Waals surface area contributed by atoms with Gasteiger partial charge in [0.25, 0.3) is 0 Å². The van der Waals surface area contributed by atoms with Crippen LogP contribution in [-0.2, 0) is 5.60 Å². The lowest BCUT2D eigenvalue weighted by Crippen LogP contribution is -2.24. The van der Waals surface area contributed by atoms with Crippen molar-refractivity contribution < 1.29 is 5.11 Å². The van der Waals surface area contributed by atoms with E-state index in [0.717, 1.165) is 11.1 Å². The van der Waals surface area contributed by atoms with E-state index in [9.17, 15) is 5.11 Å². The van der Waals surface area contributed by atoms with Gasteiger partial charge in [-0.25, -0.2) is 0 Å². The van der Waals surface area contributed by atoms with Gasteiger partial charge in [-0.3, -0.25) is 0 Å². The van der Waals surface area contributed by atoms with Crippen LogP contribution in [0.1, 0.15) is 64.5 Å². The number of aliphatic hydroxyl groups is 1. The predicted octanol–water partition coefficient (Wildman–Crippen LogP) is 4.78. The Hall–Kier alpha value is -1.38. The quantitative estimate of drug-likeness (QED) is 0.821. The number of hydrogen-bond donors (Lipinski definition) is 2. The van der Waals surface area contributed by atoms with Crippen molar-refractivity contribution in [1.29, 1.82) is 0 Å². The molecule has 1 aliphatic rings. The molecule has 0 fully saturated rings. The zero-order valence-corrected chi connectivity index (χ0v) is 15.0. The summed E-state index contributed by atoms with van der Waals surface area (Å²) in [5.74, 6) is 0. The summed E-state index contributed by atoms with van der Waals surface area (Å²) in [6.07, 6.45) is 8.74. The first-order chi connectivity index (χ1) is 10.8. The van der Waals surface area contributed by atoms with Crippen molar-refractivity contribution in [2.24, 2.45) is 11.1 Å². The molecule has 1 atom stereocenters. The van der Waals surface area contributed by atoms with Gasteiger partial charge in [0.2, 0.25) is 0 Å². The molecule has 0 radical (unpaired) electrons. The number of allylic oxidation sites excluding steroid dienone is 3. The number of rotatable bonds is 5. The Morgan fingerprint density at radius 2 is 2.04 bits per heavy atom. The van der Waals surface area contributed by atoms with Gasteiger partial charge in [0.15, 0.2) is 0 Å². The van der Waals surface area contributed by atoms with E-state index < -0.39 is 5.60 Å². The predicted molar refractivity (Wildman–Crippen MR) is 99.1 cm³/mol. The molecule has 2 nitrogen and oxygen atoms in total. The van der Waals surface area contributed by atoms with E-state index in [-0.39, 0.29) is 5.41 Å². The Morgan fingerprint density at radius 1 is 1.30 bits per heavy atom. The maximum atomic E-state index is 10.5. The topological polar surface area (TPSA) is 46.2 Å². The Kier molecular flexibility index (Phi) is 5.49. The lowest BCUT2D eigenvalue weighted by molar-refractivity contribution is 0.0504. The summed E-state index contributed by atoms with van der Waals surface area (Å²) < 4.78 is 0. The molecule has 0 amide bonds. The number of nitrogens with two attached hydrogens (primary N) is 1. The second-order valence-electron chi connectivity index (χ2n) is 7.70. The summed E-state index contributed by atoms with van der Waals surface area (Å²) in [7, 11) is 0. The highest BCUT2D eigenvalue weighted by molar-refractivity contribution is 5.56. The molecule has 0 aromatic heterocycles. The van der Waals surface area contributed by atoms with Crippen molar-refractivity contribution in [3.8, 4) is 0 Å². The molecule has 1 aromatic rings. The summed E-state index contributed by atoms with van der Waals surface area (Å²) in [5, 5.41) is 10.5. The molecule has 0 aliphatic heterocycles. The second kappa shape index (κ2) is 7.02. The average molecular weight is 313 g/mol. The van der Waals surface area contributed by atoms with Gasteiger partial charge < -0.3 is 10.8 Å². The minimum Gasteiger partial charge on any atom is -0.385 e. The van der Waals surface area contributed by atoms with E-state index >= 15 is 0 Å². The van der Waals surface area contributed by atoms with Crippen LogP contribution in [-0.4, -0.2) is 11.7 Å². The lowest BCUT2D eigenvalue weighted by Gasteiger charge is -2.33. The van der Waals surface area contributed by atoms with E-state index in [1.54, 1.807) is 0 Å². The summed E-state index contributed by atoms with van der Waals surface area (Å²) in [5.41, 5.74) is 10.0. The fourth-order valence-electron chi connectivity index (χ4n) is 3.59. The van der Waals surface area contributed by atoms with E-state index in [1.807, 2.05) is 19.1 Å². The highest BCUT2D eigenvalue weighted by atomic mass is 16.3. The molecule has 23 heavy (non-hydrogen) atoms. The summed E-state index contributed by atoms with van der Waals surface area (Å²) >= 11 is 0. The van der Waals surface area contributed by atoms with Gasteiger partial charge in [-0.1, -0.05) is 49.8 Å². The van der Waals surface area contributed by atoms with Crippen molar-refractivity contribution >= 4 is 6.08 Å². The third kappa shape index (κ3) is 4.33. The Balaban J connectivity index is 2.27. The molecule has 2 rings (SSSR count). The molecule has 126 valence electrons. The summed E-state index contributed by atoms with van der Waals surface area (Å²) in [6, 6.07) is 8.14. The molecule has 1 unspecified atom stereocenters. The first-order valence-corrected chi connectivity index (χ1v) is 8.67. The number of benzene rings is 1. The van der Waals surface area contributed by atoms with Gasteiger partial charge in [0.05, 0.1) is 5.60 Å². The maximum Gasteiger partial charge on any atom is 0.0880 e. The van der Waals surface area contributed by atoms with Crippen LogP contribution in [0.4, 0.5) is 0 Å². The van der Waals surface area contributed by atoms with Gasteiger partial charge in [0, 0.05) is 0 Å². The fraction of sp³-hybridized carbons (Fsp3) is 0.524. The molecular formula is C21H31NO. The van der Waals surface area contributed by atoms with Crippen LogP contribution < -0.4 is 5.73 Å². The molecular weight excluding hydrogens is 282 g/mol. The SMILES string of the molecule is CC1=C(/C=C\c2cccc(C(C)(O)CCN)c2)C(C)(C)CCC1. The van der Waals surface area contributed by atoms with E-state index in [2.05, 4.69) is 45.1 Å². The highest BCUT2D eigenvalue weighted by Gasteiger charge is 2.26. The normalized spacial score (nSPS) is 20.8. The van der Waals surface area contributed by atoms with Crippen LogP contribution in [0.5, 0.6) is 0 Å². The molecule has 0 bridgehead atoms. The monoisotopic (exact) mass is 313 g/mol. The van der Waals surface area contributed by atoms with Crippen molar-refractivity contribution in [1.82, 2.24) is 0 Å². The average Bonchev–Trinajstić information content (AvgIpc) is 2.46. The molecule has 1 aliphatic carbocycles. The first-order valence-electron chi connectivity index (χ1n) is 8.67. The van der Waals surface area contributed by atoms with Crippen molar-refractivity contribution in [2.45, 2.75) is 59.0 Å². The lowest BCUT2D eigenvalue weighted by atomic mass is 9.72. The maximum absolute atomic E-state index is 10.5. The van der Waals surface area contributed by atoms with E-state index in [1.165, 1.54) is 30.4 Å². The van der Waals surface area contributed by atoms with Gasteiger partial charge >= 0.3 is 0 Å². The van der Waals surface area contributed by atoms with Crippen LogP contribution in [0.3, 0.4) is 0 Å².